The number of aromatic amines is 1. The summed E-state index contributed by atoms with van der Waals surface area (Å²) in [4.78, 5) is 14.1. The molecule has 1 aromatic heterocycles. The summed E-state index contributed by atoms with van der Waals surface area (Å²) in [6.07, 6.45) is 0. The van der Waals surface area contributed by atoms with Crippen molar-refractivity contribution < 1.29 is 18.3 Å². The van der Waals surface area contributed by atoms with Crippen molar-refractivity contribution >= 4 is 17.6 Å². The molecule has 0 radical (unpaired) electrons. The molecule has 0 aliphatic carbocycles. The van der Waals surface area contributed by atoms with Crippen molar-refractivity contribution in [3.05, 3.63) is 46.6 Å². The second-order valence-electron chi connectivity index (χ2n) is 3.73. The van der Waals surface area contributed by atoms with Gasteiger partial charge in [0.25, 0.3) is 0 Å². The standard InChI is InChI=1S/C13H10ClF2NO2/c1-2-19-13(18)7-6-10(17-12(7)14)11-8(15)4-3-5-9(11)16/h3-6,17H,2H2,1H3. The third-order valence-electron chi connectivity index (χ3n) is 2.50. The topological polar surface area (TPSA) is 42.1 Å². The number of halogens is 3. The molecule has 6 heteroatoms. The van der Waals surface area contributed by atoms with Gasteiger partial charge in [-0.15, -0.1) is 0 Å². The Morgan fingerprint density at radius 3 is 2.58 bits per heavy atom. The first-order chi connectivity index (χ1) is 9.04. The highest BCUT2D eigenvalue weighted by atomic mass is 35.5. The van der Waals surface area contributed by atoms with E-state index in [4.69, 9.17) is 16.3 Å². The van der Waals surface area contributed by atoms with Crippen LogP contribution in [0.15, 0.2) is 24.3 Å². The lowest BCUT2D eigenvalue weighted by Crippen LogP contribution is -2.03. The highest BCUT2D eigenvalue weighted by Crippen LogP contribution is 2.29. The minimum atomic E-state index is -0.742. The fraction of sp³-hybridized carbons (Fsp3) is 0.154. The second kappa shape index (κ2) is 5.40. The average molecular weight is 286 g/mol. The van der Waals surface area contributed by atoms with Gasteiger partial charge in [0.2, 0.25) is 0 Å². The Bertz CT molecular complexity index is 605. The van der Waals surface area contributed by atoms with Gasteiger partial charge in [0.15, 0.2) is 0 Å². The van der Waals surface area contributed by atoms with Crippen molar-refractivity contribution in [3.63, 3.8) is 0 Å². The molecule has 2 aromatic rings. The molecule has 0 bridgehead atoms. The Hall–Kier alpha value is -1.88. The highest BCUT2D eigenvalue weighted by Gasteiger charge is 2.19. The van der Waals surface area contributed by atoms with Crippen molar-refractivity contribution in [1.29, 1.82) is 0 Å². The maximum Gasteiger partial charge on any atom is 0.341 e. The van der Waals surface area contributed by atoms with E-state index in [0.29, 0.717) is 0 Å². The Morgan fingerprint density at radius 1 is 1.37 bits per heavy atom. The molecule has 0 unspecified atom stereocenters. The number of hydrogen-bond donors (Lipinski definition) is 1. The third kappa shape index (κ3) is 2.61. The summed E-state index contributed by atoms with van der Waals surface area (Å²) in [7, 11) is 0. The molecule has 1 heterocycles. The van der Waals surface area contributed by atoms with Crippen LogP contribution < -0.4 is 0 Å². The molecule has 0 aliphatic rings. The van der Waals surface area contributed by atoms with E-state index >= 15 is 0 Å². The molecule has 0 saturated carbocycles. The van der Waals surface area contributed by atoms with Gasteiger partial charge in [-0.2, -0.15) is 0 Å². The maximum absolute atomic E-state index is 13.6. The summed E-state index contributed by atoms with van der Waals surface area (Å²) < 4.78 is 32.0. The normalized spacial score (nSPS) is 10.5. The summed E-state index contributed by atoms with van der Waals surface area (Å²) in [6, 6.07) is 4.77. The first-order valence-corrected chi connectivity index (χ1v) is 5.92. The number of nitrogens with one attached hydrogen (secondary N) is 1. The summed E-state index contributed by atoms with van der Waals surface area (Å²) in [5.74, 6) is -2.13. The molecule has 0 atom stereocenters. The molecular weight excluding hydrogens is 276 g/mol. The number of ether oxygens (including phenoxy) is 1. The first-order valence-electron chi connectivity index (χ1n) is 5.54. The van der Waals surface area contributed by atoms with Crippen molar-refractivity contribution in [2.24, 2.45) is 0 Å². The number of esters is 1. The van der Waals surface area contributed by atoms with Crippen LogP contribution in [0.5, 0.6) is 0 Å². The summed E-state index contributed by atoms with van der Waals surface area (Å²) >= 11 is 5.83. The number of rotatable bonds is 3. The molecule has 100 valence electrons. The zero-order chi connectivity index (χ0) is 14.0. The van der Waals surface area contributed by atoms with E-state index < -0.39 is 17.6 Å². The van der Waals surface area contributed by atoms with Crippen molar-refractivity contribution in [2.75, 3.05) is 6.61 Å². The van der Waals surface area contributed by atoms with E-state index in [1.807, 2.05) is 0 Å². The van der Waals surface area contributed by atoms with Crippen LogP contribution >= 0.6 is 11.6 Å². The Labute approximate surface area is 113 Å². The van der Waals surface area contributed by atoms with Gasteiger partial charge in [0.1, 0.15) is 16.8 Å². The van der Waals surface area contributed by atoms with E-state index in [9.17, 15) is 13.6 Å². The zero-order valence-electron chi connectivity index (χ0n) is 9.97. The van der Waals surface area contributed by atoms with Gasteiger partial charge in [0, 0.05) is 0 Å². The highest BCUT2D eigenvalue weighted by molar-refractivity contribution is 6.32. The lowest BCUT2D eigenvalue weighted by molar-refractivity contribution is 0.0527. The molecule has 1 aromatic carbocycles. The predicted octanol–water partition coefficient (Wildman–Crippen LogP) is 3.79. The van der Waals surface area contributed by atoms with Gasteiger partial charge < -0.3 is 9.72 Å². The maximum atomic E-state index is 13.6. The molecule has 0 spiro atoms. The van der Waals surface area contributed by atoms with Gasteiger partial charge in [-0.05, 0) is 25.1 Å². The van der Waals surface area contributed by atoms with Crippen LogP contribution in [0, 0.1) is 11.6 Å². The number of carbonyl (C=O) groups excluding carboxylic acids is 1. The minimum absolute atomic E-state index is 0.0175. The zero-order valence-corrected chi connectivity index (χ0v) is 10.7. The second-order valence-corrected chi connectivity index (χ2v) is 4.11. The number of H-pyrrole nitrogens is 1. The lowest BCUT2D eigenvalue weighted by Gasteiger charge is -2.01. The van der Waals surface area contributed by atoms with Gasteiger partial charge in [-0.25, -0.2) is 13.6 Å². The fourth-order valence-corrected chi connectivity index (χ4v) is 1.91. The molecule has 0 amide bonds. The van der Waals surface area contributed by atoms with Gasteiger partial charge >= 0.3 is 5.97 Å². The largest absolute Gasteiger partial charge is 0.462 e. The fourth-order valence-electron chi connectivity index (χ4n) is 1.68. The van der Waals surface area contributed by atoms with Crippen molar-refractivity contribution in [3.8, 4) is 11.3 Å². The van der Waals surface area contributed by atoms with E-state index in [0.717, 1.165) is 12.1 Å². The lowest BCUT2D eigenvalue weighted by atomic mass is 10.1. The number of benzene rings is 1. The van der Waals surface area contributed by atoms with E-state index in [1.54, 1.807) is 6.92 Å². The number of aromatic nitrogens is 1. The number of carbonyl (C=O) groups is 1. The van der Waals surface area contributed by atoms with Crippen molar-refractivity contribution in [1.82, 2.24) is 4.98 Å². The molecule has 0 aliphatic heterocycles. The molecule has 0 saturated heterocycles. The van der Waals surface area contributed by atoms with Crippen LogP contribution in [-0.2, 0) is 4.74 Å². The predicted molar refractivity (Wildman–Crippen MR) is 67.1 cm³/mol. The molecule has 0 fully saturated rings. The monoisotopic (exact) mass is 285 g/mol. The van der Waals surface area contributed by atoms with Crippen molar-refractivity contribution in [2.45, 2.75) is 6.92 Å². The van der Waals surface area contributed by atoms with E-state index in [2.05, 4.69) is 4.98 Å². The van der Waals surface area contributed by atoms with Crippen LogP contribution in [0.25, 0.3) is 11.3 Å². The molecule has 3 nitrogen and oxygen atoms in total. The SMILES string of the molecule is CCOC(=O)c1cc(-c2c(F)cccc2F)[nH]c1Cl. The molecule has 19 heavy (non-hydrogen) atoms. The van der Waals surface area contributed by atoms with Gasteiger partial charge in [0.05, 0.1) is 23.4 Å². The van der Waals surface area contributed by atoms with E-state index in [-0.39, 0.29) is 28.6 Å². The van der Waals surface area contributed by atoms with Gasteiger partial charge in [-0.3, -0.25) is 0 Å². The Kier molecular flexibility index (Phi) is 3.85. The van der Waals surface area contributed by atoms with E-state index in [1.165, 1.54) is 12.1 Å². The minimum Gasteiger partial charge on any atom is -0.462 e. The Morgan fingerprint density at radius 2 is 2.00 bits per heavy atom. The quantitative estimate of drug-likeness (QED) is 0.872. The van der Waals surface area contributed by atoms with Crippen LogP contribution in [0.1, 0.15) is 17.3 Å². The summed E-state index contributed by atoms with van der Waals surface area (Å²) in [5.41, 5.74) is -0.134. The molecule has 1 N–H and O–H groups in total. The van der Waals surface area contributed by atoms with Crippen LogP contribution in [-0.4, -0.2) is 17.6 Å². The first kappa shape index (κ1) is 13.5. The third-order valence-corrected chi connectivity index (χ3v) is 2.80. The average Bonchev–Trinajstić information content (AvgIpc) is 2.71. The molecular formula is C13H10ClF2NO2. The summed E-state index contributed by atoms with van der Waals surface area (Å²) in [5, 5.41) is -0.0175. The summed E-state index contributed by atoms with van der Waals surface area (Å²) in [6.45, 7) is 1.83. The smallest absolute Gasteiger partial charge is 0.341 e. The van der Waals surface area contributed by atoms with Crippen LogP contribution in [0.2, 0.25) is 5.15 Å². The van der Waals surface area contributed by atoms with Crippen LogP contribution in [0.4, 0.5) is 8.78 Å². The Balaban J connectivity index is 2.48. The molecule has 2 rings (SSSR count). The van der Waals surface area contributed by atoms with Gasteiger partial charge in [-0.1, -0.05) is 17.7 Å². The number of hydrogen-bond acceptors (Lipinski definition) is 2. The van der Waals surface area contributed by atoms with Crippen LogP contribution in [0.3, 0.4) is 0 Å².